The highest BCUT2D eigenvalue weighted by Crippen LogP contribution is 2.03. The highest BCUT2D eigenvalue weighted by molar-refractivity contribution is 5.93. The Morgan fingerprint density at radius 3 is 2.67 bits per heavy atom. The molecule has 0 saturated heterocycles. The van der Waals surface area contributed by atoms with Crippen LogP contribution in [0.1, 0.15) is 19.4 Å². The van der Waals surface area contributed by atoms with Crippen LogP contribution in [0.4, 0.5) is 0 Å². The van der Waals surface area contributed by atoms with Crippen LogP contribution in [0.25, 0.3) is 0 Å². The number of nitrogens with one attached hydrogen (secondary N) is 1. The highest BCUT2D eigenvalue weighted by atomic mass is 16.1. The molecule has 18 heavy (non-hydrogen) atoms. The van der Waals surface area contributed by atoms with Crippen LogP contribution in [0.3, 0.4) is 0 Å². The van der Waals surface area contributed by atoms with Gasteiger partial charge in [-0.2, -0.15) is 0 Å². The summed E-state index contributed by atoms with van der Waals surface area (Å²) in [5, 5.41) is 2.78. The third-order valence-corrected chi connectivity index (χ3v) is 2.65. The summed E-state index contributed by atoms with van der Waals surface area (Å²) in [7, 11) is 0. The molecule has 1 aromatic rings. The van der Waals surface area contributed by atoms with Crippen molar-refractivity contribution in [2.24, 2.45) is 0 Å². The molecule has 0 aliphatic heterocycles. The minimum absolute atomic E-state index is 0.201. The summed E-state index contributed by atoms with van der Waals surface area (Å²) in [6, 6.07) is 10.3. The van der Waals surface area contributed by atoms with E-state index in [2.05, 4.69) is 41.1 Å². The van der Waals surface area contributed by atoms with Gasteiger partial charge in [0.05, 0.1) is 0 Å². The zero-order chi connectivity index (χ0) is 13.2. The van der Waals surface area contributed by atoms with Gasteiger partial charge in [-0.3, -0.25) is 9.69 Å². The van der Waals surface area contributed by atoms with E-state index in [9.17, 15) is 4.79 Å². The second-order valence-corrected chi connectivity index (χ2v) is 3.99. The molecule has 96 valence electrons. The van der Waals surface area contributed by atoms with Gasteiger partial charge in [-0.15, -0.1) is 0 Å². The fourth-order valence-corrected chi connectivity index (χ4v) is 1.68. The van der Waals surface area contributed by atoms with Crippen molar-refractivity contribution in [1.82, 2.24) is 10.2 Å². The van der Waals surface area contributed by atoms with Gasteiger partial charge in [-0.1, -0.05) is 43.2 Å². The molecule has 0 radical (unpaired) electrons. The van der Waals surface area contributed by atoms with E-state index in [4.69, 9.17) is 0 Å². The molecule has 0 saturated carbocycles. The minimum Gasteiger partial charge on any atom is -0.344 e. The first-order valence-electron chi connectivity index (χ1n) is 6.23. The van der Waals surface area contributed by atoms with Gasteiger partial charge in [-0.05, 0) is 25.0 Å². The predicted molar refractivity (Wildman–Crippen MR) is 73.9 cm³/mol. The summed E-state index contributed by atoms with van der Waals surface area (Å²) >= 11 is 0. The van der Waals surface area contributed by atoms with Gasteiger partial charge in [0.2, 0.25) is 0 Å². The standard InChI is InChI=1S/C15H20N2O/c1-3-8-15(18)16-11-12-17(4-2)13-14-9-6-5-7-10-14/h5-7,9-10H,4,11-13H2,1-2H3,(H,16,18). The molecule has 1 N–H and O–H groups in total. The van der Waals surface area contributed by atoms with E-state index in [0.29, 0.717) is 6.54 Å². The molecule has 0 aromatic heterocycles. The zero-order valence-electron chi connectivity index (χ0n) is 11.1. The topological polar surface area (TPSA) is 32.3 Å². The Labute approximate surface area is 109 Å². The minimum atomic E-state index is -0.201. The number of carbonyl (C=O) groups excluding carboxylic acids is 1. The molecule has 3 heteroatoms. The Hall–Kier alpha value is -1.79. The van der Waals surface area contributed by atoms with Gasteiger partial charge < -0.3 is 5.32 Å². The van der Waals surface area contributed by atoms with E-state index >= 15 is 0 Å². The molecule has 0 aliphatic rings. The van der Waals surface area contributed by atoms with Crippen LogP contribution in [-0.4, -0.2) is 30.4 Å². The SMILES string of the molecule is CC#CC(=O)NCCN(CC)Cc1ccccc1. The Morgan fingerprint density at radius 2 is 2.06 bits per heavy atom. The van der Waals surface area contributed by atoms with Crippen molar-refractivity contribution in [2.75, 3.05) is 19.6 Å². The molecular weight excluding hydrogens is 224 g/mol. The molecule has 1 rings (SSSR count). The maximum Gasteiger partial charge on any atom is 0.295 e. The summed E-state index contributed by atoms with van der Waals surface area (Å²) in [6.45, 7) is 7.12. The van der Waals surface area contributed by atoms with Gasteiger partial charge >= 0.3 is 0 Å². The number of hydrogen-bond acceptors (Lipinski definition) is 2. The number of nitrogens with zero attached hydrogens (tertiary/aromatic N) is 1. The van der Waals surface area contributed by atoms with Gasteiger partial charge in [0, 0.05) is 19.6 Å². The molecule has 0 unspecified atom stereocenters. The molecule has 1 aromatic carbocycles. The Bertz CT molecular complexity index is 417. The Kier molecular flexibility index (Phi) is 6.60. The first kappa shape index (κ1) is 14.3. The Morgan fingerprint density at radius 1 is 1.33 bits per heavy atom. The van der Waals surface area contributed by atoms with Gasteiger partial charge in [0.1, 0.15) is 0 Å². The molecule has 0 heterocycles. The Balaban J connectivity index is 2.33. The number of carbonyl (C=O) groups is 1. The maximum atomic E-state index is 11.2. The molecule has 0 fully saturated rings. The third-order valence-electron chi connectivity index (χ3n) is 2.65. The maximum absolute atomic E-state index is 11.2. The number of hydrogen-bond donors (Lipinski definition) is 1. The molecule has 3 nitrogen and oxygen atoms in total. The van der Waals surface area contributed by atoms with Gasteiger partial charge in [-0.25, -0.2) is 0 Å². The first-order valence-corrected chi connectivity index (χ1v) is 6.23. The summed E-state index contributed by atoms with van der Waals surface area (Å²) < 4.78 is 0. The van der Waals surface area contributed by atoms with Gasteiger partial charge in [0.25, 0.3) is 5.91 Å². The monoisotopic (exact) mass is 244 g/mol. The van der Waals surface area contributed by atoms with E-state index in [-0.39, 0.29) is 5.91 Å². The second-order valence-electron chi connectivity index (χ2n) is 3.99. The number of amides is 1. The van der Waals surface area contributed by atoms with Crippen LogP contribution in [0.2, 0.25) is 0 Å². The average Bonchev–Trinajstić information content (AvgIpc) is 2.39. The number of rotatable bonds is 6. The normalized spacial score (nSPS) is 9.72. The van der Waals surface area contributed by atoms with Crippen molar-refractivity contribution >= 4 is 5.91 Å². The van der Waals surface area contributed by atoms with E-state index in [1.165, 1.54) is 5.56 Å². The molecular formula is C15H20N2O. The van der Waals surface area contributed by atoms with E-state index in [0.717, 1.165) is 19.6 Å². The van der Waals surface area contributed by atoms with Crippen molar-refractivity contribution in [3.8, 4) is 11.8 Å². The lowest BCUT2D eigenvalue weighted by Gasteiger charge is -2.20. The molecule has 0 aliphatic carbocycles. The second kappa shape index (κ2) is 8.32. The number of likely N-dealkylation sites (N-methyl/N-ethyl adjacent to an activating group) is 1. The smallest absolute Gasteiger partial charge is 0.295 e. The van der Waals surface area contributed by atoms with E-state index in [1.54, 1.807) is 6.92 Å². The lowest BCUT2D eigenvalue weighted by molar-refractivity contribution is -0.115. The lowest BCUT2D eigenvalue weighted by Crippen LogP contribution is -2.34. The quantitative estimate of drug-likeness (QED) is 0.772. The molecule has 1 amide bonds. The molecule has 0 atom stereocenters. The van der Waals surface area contributed by atoms with E-state index < -0.39 is 0 Å². The fraction of sp³-hybridized carbons (Fsp3) is 0.400. The van der Waals surface area contributed by atoms with Crippen LogP contribution in [0.5, 0.6) is 0 Å². The van der Waals surface area contributed by atoms with Crippen molar-refractivity contribution in [1.29, 1.82) is 0 Å². The van der Waals surface area contributed by atoms with Crippen molar-refractivity contribution in [3.05, 3.63) is 35.9 Å². The largest absolute Gasteiger partial charge is 0.344 e. The first-order chi connectivity index (χ1) is 8.76. The zero-order valence-corrected chi connectivity index (χ0v) is 11.1. The predicted octanol–water partition coefficient (Wildman–Crippen LogP) is 1.65. The van der Waals surface area contributed by atoms with Crippen LogP contribution in [0, 0.1) is 11.8 Å². The van der Waals surface area contributed by atoms with Crippen molar-refractivity contribution in [3.63, 3.8) is 0 Å². The van der Waals surface area contributed by atoms with Gasteiger partial charge in [0.15, 0.2) is 0 Å². The summed E-state index contributed by atoms with van der Waals surface area (Å²) in [4.78, 5) is 13.5. The van der Waals surface area contributed by atoms with Crippen LogP contribution >= 0.6 is 0 Å². The highest BCUT2D eigenvalue weighted by Gasteiger charge is 2.03. The summed E-state index contributed by atoms with van der Waals surface area (Å²) in [6.07, 6.45) is 0. The fourth-order valence-electron chi connectivity index (χ4n) is 1.68. The summed E-state index contributed by atoms with van der Waals surface area (Å²) in [5.74, 6) is 4.85. The summed E-state index contributed by atoms with van der Waals surface area (Å²) in [5.41, 5.74) is 1.29. The van der Waals surface area contributed by atoms with Crippen molar-refractivity contribution in [2.45, 2.75) is 20.4 Å². The van der Waals surface area contributed by atoms with Crippen LogP contribution < -0.4 is 5.32 Å². The average molecular weight is 244 g/mol. The van der Waals surface area contributed by atoms with Crippen LogP contribution in [-0.2, 0) is 11.3 Å². The van der Waals surface area contributed by atoms with Crippen LogP contribution in [0.15, 0.2) is 30.3 Å². The number of benzene rings is 1. The molecule has 0 bridgehead atoms. The lowest BCUT2D eigenvalue weighted by atomic mass is 10.2. The van der Waals surface area contributed by atoms with Crippen molar-refractivity contribution < 1.29 is 4.79 Å². The third kappa shape index (κ3) is 5.51. The molecule has 0 spiro atoms. The van der Waals surface area contributed by atoms with E-state index in [1.807, 2.05) is 18.2 Å².